The molecule has 0 fully saturated rings. The van der Waals surface area contributed by atoms with Gasteiger partial charge >= 0.3 is 0 Å². The second kappa shape index (κ2) is 4.91. The third kappa shape index (κ3) is 2.40. The molecule has 0 aliphatic rings. The number of halogens is 2. The number of fused-ring (bicyclic) bond motifs is 1. The molecule has 0 bridgehead atoms. The SMILES string of the molecule is OC(CCl)CNc1cc2[nH]ncc2cc1Cl. The average molecular weight is 260 g/mol. The standard InChI is InChI=1S/C10H11Cl2N3O/c11-3-7(16)5-13-10-2-9-6(1-8(10)12)4-14-15-9/h1-2,4,7,13,16H,3,5H2,(H,14,15). The highest BCUT2D eigenvalue weighted by Gasteiger charge is 2.06. The van der Waals surface area contributed by atoms with Crippen LogP contribution in [-0.4, -0.2) is 33.8 Å². The Balaban J connectivity index is 2.19. The van der Waals surface area contributed by atoms with Crippen LogP contribution in [0.2, 0.25) is 5.02 Å². The molecule has 0 saturated carbocycles. The van der Waals surface area contributed by atoms with Gasteiger partial charge in [0, 0.05) is 11.9 Å². The summed E-state index contributed by atoms with van der Waals surface area (Å²) < 4.78 is 0. The van der Waals surface area contributed by atoms with Crippen LogP contribution >= 0.6 is 23.2 Å². The molecule has 4 nitrogen and oxygen atoms in total. The minimum Gasteiger partial charge on any atom is -0.390 e. The number of nitrogens with zero attached hydrogens (tertiary/aromatic N) is 1. The quantitative estimate of drug-likeness (QED) is 0.739. The lowest BCUT2D eigenvalue weighted by Gasteiger charge is -2.11. The van der Waals surface area contributed by atoms with E-state index in [2.05, 4.69) is 15.5 Å². The second-order valence-corrected chi connectivity index (χ2v) is 4.19. The maximum atomic E-state index is 9.33. The van der Waals surface area contributed by atoms with Gasteiger partial charge in [0.25, 0.3) is 0 Å². The Morgan fingerprint density at radius 3 is 3.06 bits per heavy atom. The van der Waals surface area contributed by atoms with Crippen molar-refractivity contribution in [1.29, 1.82) is 0 Å². The Labute approximate surface area is 103 Å². The number of nitrogens with one attached hydrogen (secondary N) is 2. The van der Waals surface area contributed by atoms with Crippen molar-refractivity contribution in [3.8, 4) is 0 Å². The molecular formula is C10H11Cl2N3O. The Morgan fingerprint density at radius 2 is 2.31 bits per heavy atom. The van der Waals surface area contributed by atoms with Crippen LogP contribution in [0.3, 0.4) is 0 Å². The third-order valence-corrected chi connectivity index (χ3v) is 2.90. The Hall–Kier alpha value is -0.970. The zero-order chi connectivity index (χ0) is 11.5. The Morgan fingerprint density at radius 1 is 1.50 bits per heavy atom. The van der Waals surface area contributed by atoms with E-state index in [1.165, 1.54) is 0 Å². The van der Waals surface area contributed by atoms with E-state index in [0.29, 0.717) is 11.6 Å². The number of H-pyrrole nitrogens is 1. The summed E-state index contributed by atoms with van der Waals surface area (Å²) in [4.78, 5) is 0. The summed E-state index contributed by atoms with van der Waals surface area (Å²) in [5.74, 6) is 0.191. The number of hydrogen-bond acceptors (Lipinski definition) is 3. The molecule has 1 aromatic carbocycles. The van der Waals surface area contributed by atoms with Gasteiger partial charge in [-0.3, -0.25) is 5.10 Å². The molecular weight excluding hydrogens is 249 g/mol. The molecule has 1 aromatic heterocycles. The minimum atomic E-state index is -0.588. The third-order valence-electron chi connectivity index (χ3n) is 2.23. The van der Waals surface area contributed by atoms with E-state index in [1.807, 2.05) is 12.1 Å². The average Bonchev–Trinajstić information content (AvgIpc) is 2.72. The van der Waals surface area contributed by atoms with Crippen molar-refractivity contribution in [3.63, 3.8) is 0 Å². The van der Waals surface area contributed by atoms with Crippen LogP contribution in [0.5, 0.6) is 0 Å². The molecule has 0 aliphatic carbocycles. The molecule has 0 radical (unpaired) electrons. The lowest BCUT2D eigenvalue weighted by molar-refractivity contribution is 0.211. The molecule has 1 atom stereocenters. The van der Waals surface area contributed by atoms with Crippen molar-refractivity contribution in [2.24, 2.45) is 0 Å². The Bertz CT molecular complexity index is 486. The molecule has 6 heteroatoms. The van der Waals surface area contributed by atoms with Gasteiger partial charge in [-0.2, -0.15) is 5.10 Å². The first-order chi connectivity index (χ1) is 7.70. The van der Waals surface area contributed by atoms with E-state index in [-0.39, 0.29) is 5.88 Å². The summed E-state index contributed by atoms with van der Waals surface area (Å²) in [5.41, 5.74) is 1.65. The van der Waals surface area contributed by atoms with E-state index < -0.39 is 6.10 Å². The summed E-state index contributed by atoms with van der Waals surface area (Å²) in [6.45, 7) is 0.364. The molecule has 3 N–H and O–H groups in total. The van der Waals surface area contributed by atoms with Gasteiger partial charge in [0.1, 0.15) is 0 Å². The van der Waals surface area contributed by atoms with Crippen molar-refractivity contribution in [2.75, 3.05) is 17.7 Å². The lowest BCUT2D eigenvalue weighted by Crippen LogP contribution is -2.20. The number of benzene rings is 1. The fourth-order valence-corrected chi connectivity index (χ4v) is 1.73. The Kier molecular flexibility index (Phi) is 3.53. The van der Waals surface area contributed by atoms with Crippen LogP contribution in [0.4, 0.5) is 5.69 Å². The number of hydrogen-bond donors (Lipinski definition) is 3. The number of alkyl halides is 1. The van der Waals surface area contributed by atoms with E-state index in [0.717, 1.165) is 16.6 Å². The molecule has 2 aromatic rings. The number of aromatic amines is 1. The highest BCUT2D eigenvalue weighted by Crippen LogP contribution is 2.26. The van der Waals surface area contributed by atoms with Crippen molar-refractivity contribution < 1.29 is 5.11 Å². The van der Waals surface area contributed by atoms with Gasteiger partial charge in [0.05, 0.1) is 34.4 Å². The minimum absolute atomic E-state index is 0.191. The van der Waals surface area contributed by atoms with Crippen molar-refractivity contribution in [2.45, 2.75) is 6.10 Å². The summed E-state index contributed by atoms with van der Waals surface area (Å²) in [7, 11) is 0. The van der Waals surface area contributed by atoms with Crippen LogP contribution in [0.1, 0.15) is 0 Å². The molecule has 1 unspecified atom stereocenters. The highest BCUT2D eigenvalue weighted by molar-refractivity contribution is 6.34. The van der Waals surface area contributed by atoms with Gasteiger partial charge in [-0.25, -0.2) is 0 Å². The van der Waals surface area contributed by atoms with Crippen LogP contribution < -0.4 is 5.32 Å². The fourth-order valence-electron chi connectivity index (χ4n) is 1.38. The normalized spacial score (nSPS) is 12.9. The molecule has 86 valence electrons. The predicted octanol–water partition coefficient (Wildman–Crippen LogP) is 2.23. The molecule has 0 amide bonds. The van der Waals surface area contributed by atoms with Crippen molar-refractivity contribution in [3.05, 3.63) is 23.4 Å². The fraction of sp³-hybridized carbons (Fsp3) is 0.300. The second-order valence-electron chi connectivity index (χ2n) is 3.48. The first kappa shape index (κ1) is 11.5. The van der Waals surface area contributed by atoms with Crippen LogP contribution in [0.25, 0.3) is 10.9 Å². The predicted molar refractivity (Wildman–Crippen MR) is 66.3 cm³/mol. The number of aromatic nitrogens is 2. The smallest absolute Gasteiger partial charge is 0.0847 e. The number of aliphatic hydroxyl groups excluding tert-OH is 1. The zero-order valence-corrected chi connectivity index (χ0v) is 9.89. The lowest BCUT2D eigenvalue weighted by atomic mass is 10.2. The molecule has 0 spiro atoms. The summed E-state index contributed by atoms with van der Waals surface area (Å²) in [6.07, 6.45) is 1.12. The molecule has 0 saturated heterocycles. The van der Waals surface area contributed by atoms with E-state index in [9.17, 15) is 5.11 Å². The summed E-state index contributed by atoms with van der Waals surface area (Å²) >= 11 is 11.6. The summed E-state index contributed by atoms with van der Waals surface area (Å²) in [5, 5.41) is 20.7. The monoisotopic (exact) mass is 259 g/mol. The van der Waals surface area contributed by atoms with E-state index in [4.69, 9.17) is 23.2 Å². The van der Waals surface area contributed by atoms with Gasteiger partial charge in [0.15, 0.2) is 0 Å². The molecule has 1 heterocycles. The molecule has 0 aliphatic heterocycles. The van der Waals surface area contributed by atoms with Gasteiger partial charge in [0.2, 0.25) is 0 Å². The molecule has 2 rings (SSSR count). The maximum Gasteiger partial charge on any atom is 0.0847 e. The maximum absolute atomic E-state index is 9.33. The number of aliphatic hydroxyl groups is 1. The zero-order valence-electron chi connectivity index (χ0n) is 8.37. The van der Waals surface area contributed by atoms with Crippen LogP contribution in [-0.2, 0) is 0 Å². The first-order valence-electron chi connectivity index (χ1n) is 4.81. The largest absolute Gasteiger partial charge is 0.390 e. The van der Waals surface area contributed by atoms with Gasteiger partial charge in [-0.05, 0) is 12.1 Å². The van der Waals surface area contributed by atoms with Crippen molar-refractivity contribution in [1.82, 2.24) is 10.2 Å². The van der Waals surface area contributed by atoms with Crippen LogP contribution in [0.15, 0.2) is 18.3 Å². The summed E-state index contributed by atoms with van der Waals surface area (Å²) in [6, 6.07) is 3.67. The first-order valence-corrected chi connectivity index (χ1v) is 5.72. The molecule has 16 heavy (non-hydrogen) atoms. The van der Waals surface area contributed by atoms with Crippen molar-refractivity contribution >= 4 is 39.8 Å². The topological polar surface area (TPSA) is 60.9 Å². The van der Waals surface area contributed by atoms with E-state index in [1.54, 1.807) is 6.20 Å². The van der Waals surface area contributed by atoms with Crippen LogP contribution in [0, 0.1) is 0 Å². The van der Waals surface area contributed by atoms with Gasteiger partial charge in [-0.15, -0.1) is 11.6 Å². The number of rotatable bonds is 4. The van der Waals surface area contributed by atoms with Gasteiger partial charge < -0.3 is 10.4 Å². The van der Waals surface area contributed by atoms with Gasteiger partial charge in [-0.1, -0.05) is 11.6 Å². The highest BCUT2D eigenvalue weighted by atomic mass is 35.5. The van der Waals surface area contributed by atoms with E-state index >= 15 is 0 Å². The number of anilines is 1.